The van der Waals surface area contributed by atoms with Gasteiger partial charge in [0.2, 0.25) is 0 Å². The second kappa shape index (κ2) is 5.55. The van der Waals surface area contributed by atoms with Crippen molar-refractivity contribution in [1.29, 1.82) is 0 Å². The Bertz CT molecular complexity index is 240. The van der Waals surface area contributed by atoms with Crippen molar-refractivity contribution in [2.75, 3.05) is 13.2 Å². The first kappa shape index (κ1) is 11.8. The molecule has 2 amide bonds. The molecule has 0 bridgehead atoms. The molecule has 0 saturated heterocycles. The van der Waals surface area contributed by atoms with E-state index in [4.69, 9.17) is 10.2 Å². The van der Waals surface area contributed by atoms with Gasteiger partial charge in [-0.15, -0.1) is 0 Å². The summed E-state index contributed by atoms with van der Waals surface area (Å²) in [6.07, 6.45) is 3.37. The van der Waals surface area contributed by atoms with E-state index in [0.717, 1.165) is 12.3 Å². The van der Waals surface area contributed by atoms with Crippen LogP contribution in [0.3, 0.4) is 0 Å². The molecule has 0 spiro atoms. The Morgan fingerprint density at radius 3 is 2.53 bits per heavy atom. The summed E-state index contributed by atoms with van der Waals surface area (Å²) >= 11 is 0. The van der Waals surface area contributed by atoms with Crippen LogP contribution in [0.1, 0.15) is 19.3 Å². The van der Waals surface area contributed by atoms with Gasteiger partial charge in [-0.1, -0.05) is 12.8 Å². The zero-order valence-electron chi connectivity index (χ0n) is 8.40. The van der Waals surface area contributed by atoms with Crippen LogP contribution in [0, 0.1) is 5.92 Å². The zero-order chi connectivity index (χ0) is 11.3. The molecule has 0 aromatic heterocycles. The fraction of sp³-hybridized carbons (Fsp3) is 0.778. The van der Waals surface area contributed by atoms with Gasteiger partial charge in [-0.3, -0.25) is 0 Å². The molecule has 1 fully saturated rings. The summed E-state index contributed by atoms with van der Waals surface area (Å²) in [5.41, 5.74) is 0. The molecule has 0 aliphatic heterocycles. The summed E-state index contributed by atoms with van der Waals surface area (Å²) in [5, 5.41) is 21.9. The van der Waals surface area contributed by atoms with Crippen LogP contribution in [0.5, 0.6) is 0 Å². The molecule has 86 valence electrons. The number of carboxylic acid groups (broad SMARTS) is 1. The van der Waals surface area contributed by atoms with E-state index in [2.05, 4.69) is 10.6 Å². The number of amides is 2. The van der Waals surface area contributed by atoms with Crippen LogP contribution < -0.4 is 10.6 Å². The zero-order valence-corrected chi connectivity index (χ0v) is 8.40. The van der Waals surface area contributed by atoms with Crippen LogP contribution in [0.25, 0.3) is 0 Å². The van der Waals surface area contributed by atoms with Crippen molar-refractivity contribution in [3.63, 3.8) is 0 Å². The Morgan fingerprint density at radius 1 is 1.40 bits per heavy atom. The van der Waals surface area contributed by atoms with Crippen LogP contribution in [0.15, 0.2) is 0 Å². The molecule has 6 heteroatoms. The van der Waals surface area contributed by atoms with Gasteiger partial charge in [0.15, 0.2) is 6.04 Å². The van der Waals surface area contributed by atoms with Crippen LogP contribution in [-0.2, 0) is 4.79 Å². The van der Waals surface area contributed by atoms with Crippen LogP contribution in [-0.4, -0.2) is 41.4 Å². The highest BCUT2D eigenvalue weighted by atomic mass is 16.4. The van der Waals surface area contributed by atoms with Crippen LogP contribution >= 0.6 is 0 Å². The third-order valence-corrected chi connectivity index (χ3v) is 2.32. The van der Waals surface area contributed by atoms with Gasteiger partial charge in [0, 0.05) is 6.54 Å². The molecule has 6 nitrogen and oxygen atoms in total. The Hall–Kier alpha value is -1.30. The lowest BCUT2D eigenvalue weighted by atomic mass is 10.3. The van der Waals surface area contributed by atoms with Gasteiger partial charge in [-0.2, -0.15) is 0 Å². The molecular weight excluding hydrogens is 200 g/mol. The van der Waals surface area contributed by atoms with Gasteiger partial charge >= 0.3 is 12.0 Å². The van der Waals surface area contributed by atoms with E-state index < -0.39 is 24.6 Å². The standard InChI is InChI=1S/C9H16N2O4/c12-5-7(8(13)14)11-9(15)10-4-3-6-1-2-6/h6-7,12H,1-5H2,(H,13,14)(H2,10,11,15)/t7-/m0/s1. The largest absolute Gasteiger partial charge is 0.480 e. The highest BCUT2D eigenvalue weighted by Crippen LogP contribution is 2.31. The average molecular weight is 216 g/mol. The summed E-state index contributed by atoms with van der Waals surface area (Å²) < 4.78 is 0. The van der Waals surface area contributed by atoms with Crippen molar-refractivity contribution in [2.24, 2.45) is 5.92 Å². The van der Waals surface area contributed by atoms with E-state index in [0.29, 0.717) is 6.54 Å². The molecule has 0 heterocycles. The summed E-state index contributed by atoms with van der Waals surface area (Å²) in [7, 11) is 0. The Labute approximate surface area is 87.7 Å². The molecule has 0 radical (unpaired) electrons. The molecule has 1 aliphatic rings. The van der Waals surface area contributed by atoms with Gasteiger partial charge in [0.05, 0.1) is 6.61 Å². The average Bonchev–Trinajstić information content (AvgIpc) is 2.97. The first-order valence-electron chi connectivity index (χ1n) is 5.01. The first-order valence-corrected chi connectivity index (χ1v) is 5.01. The number of carbonyl (C=O) groups excluding carboxylic acids is 1. The molecule has 1 rings (SSSR count). The summed E-state index contributed by atoms with van der Waals surface area (Å²) in [5.74, 6) is -0.520. The number of aliphatic hydroxyl groups is 1. The lowest BCUT2D eigenvalue weighted by Crippen LogP contribution is -2.48. The normalized spacial score (nSPS) is 16.9. The Kier molecular flexibility index (Phi) is 4.36. The summed E-state index contributed by atoms with van der Waals surface area (Å²) in [4.78, 5) is 21.6. The van der Waals surface area contributed by atoms with Crippen LogP contribution in [0.4, 0.5) is 4.79 Å². The summed E-state index contributed by atoms with van der Waals surface area (Å²) in [6.45, 7) is -0.0559. The van der Waals surface area contributed by atoms with Crippen LogP contribution in [0.2, 0.25) is 0 Å². The second-order valence-corrected chi connectivity index (χ2v) is 3.71. The second-order valence-electron chi connectivity index (χ2n) is 3.71. The van der Waals surface area contributed by atoms with E-state index >= 15 is 0 Å². The van der Waals surface area contributed by atoms with Gasteiger partial charge in [0.25, 0.3) is 0 Å². The topological polar surface area (TPSA) is 98.7 Å². The molecule has 1 saturated carbocycles. The molecule has 4 N–H and O–H groups in total. The van der Waals surface area contributed by atoms with Crippen molar-refractivity contribution < 1.29 is 19.8 Å². The maximum atomic E-state index is 11.1. The molecule has 1 aliphatic carbocycles. The predicted molar refractivity (Wildman–Crippen MR) is 52.4 cm³/mol. The quantitative estimate of drug-likeness (QED) is 0.482. The molecule has 1 atom stereocenters. The lowest BCUT2D eigenvalue weighted by molar-refractivity contribution is -0.140. The minimum Gasteiger partial charge on any atom is -0.480 e. The third kappa shape index (κ3) is 4.64. The van der Waals surface area contributed by atoms with E-state index in [-0.39, 0.29) is 0 Å². The SMILES string of the molecule is O=C(NCCC1CC1)N[C@@H](CO)C(=O)O. The number of carbonyl (C=O) groups is 2. The van der Waals surface area contributed by atoms with Gasteiger partial charge in [0.1, 0.15) is 0 Å². The Morgan fingerprint density at radius 2 is 2.07 bits per heavy atom. The fourth-order valence-corrected chi connectivity index (χ4v) is 1.19. The van der Waals surface area contributed by atoms with E-state index in [9.17, 15) is 9.59 Å². The minimum atomic E-state index is -1.24. The maximum Gasteiger partial charge on any atom is 0.328 e. The predicted octanol–water partition coefficient (Wildman–Crippen LogP) is -0.469. The van der Waals surface area contributed by atoms with Gasteiger partial charge in [-0.05, 0) is 12.3 Å². The number of urea groups is 1. The molecule has 0 unspecified atom stereocenters. The van der Waals surface area contributed by atoms with E-state index in [1.807, 2.05) is 0 Å². The molecular formula is C9H16N2O4. The Balaban J connectivity index is 2.12. The van der Waals surface area contributed by atoms with Gasteiger partial charge in [-0.25, -0.2) is 9.59 Å². The number of nitrogens with one attached hydrogen (secondary N) is 2. The van der Waals surface area contributed by atoms with Crippen molar-refractivity contribution in [3.8, 4) is 0 Å². The number of hydrogen-bond acceptors (Lipinski definition) is 3. The van der Waals surface area contributed by atoms with Gasteiger partial charge < -0.3 is 20.8 Å². The summed E-state index contributed by atoms with van der Waals surface area (Å²) in [6, 6.07) is -1.77. The smallest absolute Gasteiger partial charge is 0.328 e. The highest BCUT2D eigenvalue weighted by Gasteiger charge is 2.21. The third-order valence-electron chi connectivity index (χ3n) is 2.32. The van der Waals surface area contributed by atoms with Crippen molar-refractivity contribution in [1.82, 2.24) is 10.6 Å². The number of hydrogen-bond donors (Lipinski definition) is 4. The minimum absolute atomic E-state index is 0.544. The molecule has 15 heavy (non-hydrogen) atoms. The first-order chi connectivity index (χ1) is 7.13. The maximum absolute atomic E-state index is 11.1. The number of aliphatic carboxylic acids is 1. The number of carboxylic acids is 1. The number of rotatable bonds is 6. The molecule has 0 aromatic rings. The van der Waals surface area contributed by atoms with E-state index in [1.54, 1.807) is 0 Å². The van der Waals surface area contributed by atoms with E-state index in [1.165, 1.54) is 12.8 Å². The fourth-order valence-electron chi connectivity index (χ4n) is 1.19. The van der Waals surface area contributed by atoms with Crippen molar-refractivity contribution in [3.05, 3.63) is 0 Å². The van der Waals surface area contributed by atoms with Crippen molar-refractivity contribution >= 4 is 12.0 Å². The van der Waals surface area contributed by atoms with Crippen molar-refractivity contribution in [2.45, 2.75) is 25.3 Å². The highest BCUT2D eigenvalue weighted by molar-refractivity contribution is 5.82. The lowest BCUT2D eigenvalue weighted by Gasteiger charge is -2.12. The number of aliphatic hydroxyl groups excluding tert-OH is 1. The molecule has 0 aromatic carbocycles. The monoisotopic (exact) mass is 216 g/mol.